The molecule has 1 aliphatic rings. The summed E-state index contributed by atoms with van der Waals surface area (Å²) in [4.78, 5) is 8.89. The van der Waals surface area contributed by atoms with Crippen LogP contribution in [0.1, 0.15) is 42.8 Å². The summed E-state index contributed by atoms with van der Waals surface area (Å²) in [6.45, 7) is 1.77. The molecule has 2 aromatic rings. The maximum atomic E-state index is 9.83. The highest BCUT2D eigenvalue weighted by atomic mass is 16.3. The van der Waals surface area contributed by atoms with Crippen molar-refractivity contribution >= 4 is 0 Å². The Morgan fingerprint density at radius 3 is 2.94 bits per heavy atom. The lowest BCUT2D eigenvalue weighted by Crippen LogP contribution is -2.10. The Balaban J connectivity index is 2.13. The number of hydrogen-bond acceptors (Lipinski definition) is 3. The highest BCUT2D eigenvalue weighted by Crippen LogP contribution is 2.25. The van der Waals surface area contributed by atoms with Crippen molar-refractivity contribution in [1.29, 1.82) is 0 Å². The molecule has 0 amide bonds. The number of nitrogens with zero attached hydrogens (tertiary/aromatic N) is 3. The predicted molar refractivity (Wildman–Crippen MR) is 68.6 cm³/mol. The van der Waals surface area contributed by atoms with E-state index in [0.717, 1.165) is 24.2 Å². The third-order valence-electron chi connectivity index (χ3n) is 3.53. The fourth-order valence-electron chi connectivity index (χ4n) is 2.59. The molecule has 2 heterocycles. The van der Waals surface area contributed by atoms with Crippen molar-refractivity contribution in [2.45, 2.75) is 38.7 Å². The topological polar surface area (TPSA) is 50.9 Å². The standard InChI is InChI=1S/C14H17N3O/c1-10(18)11-5-4-8-15-14(11)17-9-16-12-6-2-3-7-13(12)17/h4-5,8-10,18H,2-3,6-7H2,1H3/t10-/m1/s1. The molecule has 0 aromatic carbocycles. The summed E-state index contributed by atoms with van der Waals surface area (Å²) in [6, 6.07) is 3.77. The maximum Gasteiger partial charge on any atom is 0.143 e. The molecule has 1 N–H and O–H groups in total. The fraction of sp³-hybridized carbons (Fsp3) is 0.429. The van der Waals surface area contributed by atoms with Crippen molar-refractivity contribution in [2.75, 3.05) is 0 Å². The van der Waals surface area contributed by atoms with Crippen LogP contribution in [-0.4, -0.2) is 19.6 Å². The van der Waals surface area contributed by atoms with Crippen molar-refractivity contribution in [1.82, 2.24) is 14.5 Å². The monoisotopic (exact) mass is 243 g/mol. The molecule has 1 atom stereocenters. The highest BCUT2D eigenvalue weighted by Gasteiger charge is 2.19. The fourth-order valence-corrected chi connectivity index (χ4v) is 2.59. The molecule has 3 rings (SSSR count). The summed E-state index contributed by atoms with van der Waals surface area (Å²) in [5, 5.41) is 9.83. The van der Waals surface area contributed by atoms with Gasteiger partial charge in [0.05, 0.1) is 11.8 Å². The van der Waals surface area contributed by atoms with Gasteiger partial charge in [0.25, 0.3) is 0 Å². The van der Waals surface area contributed by atoms with E-state index in [1.54, 1.807) is 13.1 Å². The van der Waals surface area contributed by atoms with Crippen LogP contribution < -0.4 is 0 Å². The summed E-state index contributed by atoms with van der Waals surface area (Å²) < 4.78 is 2.04. The van der Waals surface area contributed by atoms with E-state index in [4.69, 9.17) is 0 Å². The number of pyridine rings is 1. The Kier molecular flexibility index (Phi) is 2.88. The van der Waals surface area contributed by atoms with Crippen molar-refractivity contribution < 1.29 is 5.11 Å². The second kappa shape index (κ2) is 4.53. The number of rotatable bonds is 2. The molecule has 0 saturated heterocycles. The molecule has 0 fully saturated rings. The first-order valence-corrected chi connectivity index (χ1v) is 6.46. The van der Waals surface area contributed by atoms with Crippen LogP contribution in [0.2, 0.25) is 0 Å². The maximum absolute atomic E-state index is 9.83. The SMILES string of the molecule is C[C@@H](O)c1cccnc1-n1cnc2c1CCCC2. The molecule has 2 aromatic heterocycles. The van der Waals surface area contributed by atoms with Gasteiger partial charge in [0.1, 0.15) is 12.1 Å². The van der Waals surface area contributed by atoms with E-state index in [-0.39, 0.29) is 0 Å². The second-order valence-electron chi connectivity index (χ2n) is 4.81. The number of aryl methyl sites for hydroxylation is 1. The Morgan fingerprint density at radius 2 is 2.11 bits per heavy atom. The van der Waals surface area contributed by atoms with Gasteiger partial charge in [0, 0.05) is 17.5 Å². The van der Waals surface area contributed by atoms with E-state index in [0.29, 0.717) is 0 Å². The average Bonchev–Trinajstić information content (AvgIpc) is 2.82. The third-order valence-corrected chi connectivity index (χ3v) is 3.53. The predicted octanol–water partition coefficient (Wildman–Crippen LogP) is 2.20. The highest BCUT2D eigenvalue weighted by molar-refractivity contribution is 5.38. The normalized spacial score (nSPS) is 16.3. The van der Waals surface area contributed by atoms with Gasteiger partial charge in [-0.3, -0.25) is 4.57 Å². The van der Waals surface area contributed by atoms with Crippen molar-refractivity contribution in [2.24, 2.45) is 0 Å². The summed E-state index contributed by atoms with van der Waals surface area (Å²) >= 11 is 0. The van der Waals surface area contributed by atoms with Crippen LogP contribution in [-0.2, 0) is 12.8 Å². The first kappa shape index (κ1) is 11.4. The zero-order valence-electron chi connectivity index (χ0n) is 10.5. The molecule has 0 spiro atoms. The van der Waals surface area contributed by atoms with Gasteiger partial charge in [-0.1, -0.05) is 6.07 Å². The molecule has 4 heteroatoms. The second-order valence-corrected chi connectivity index (χ2v) is 4.81. The number of hydrogen-bond donors (Lipinski definition) is 1. The van der Waals surface area contributed by atoms with E-state index in [1.165, 1.54) is 24.2 Å². The minimum absolute atomic E-state index is 0.518. The van der Waals surface area contributed by atoms with E-state index >= 15 is 0 Å². The van der Waals surface area contributed by atoms with Crippen LogP contribution in [0.4, 0.5) is 0 Å². The minimum Gasteiger partial charge on any atom is -0.389 e. The molecular weight excluding hydrogens is 226 g/mol. The van der Waals surface area contributed by atoms with Gasteiger partial charge in [0.15, 0.2) is 0 Å². The van der Waals surface area contributed by atoms with Gasteiger partial charge in [0.2, 0.25) is 0 Å². The van der Waals surface area contributed by atoms with Gasteiger partial charge in [-0.2, -0.15) is 0 Å². The lowest BCUT2D eigenvalue weighted by molar-refractivity contribution is 0.198. The van der Waals surface area contributed by atoms with Gasteiger partial charge in [-0.05, 0) is 38.7 Å². The first-order valence-electron chi connectivity index (χ1n) is 6.46. The summed E-state index contributed by atoms with van der Waals surface area (Å²) in [6.07, 6.45) is 7.60. The molecule has 0 saturated carbocycles. The number of aliphatic hydroxyl groups is 1. The van der Waals surface area contributed by atoms with Crippen LogP contribution in [0, 0.1) is 0 Å². The molecule has 0 bridgehead atoms. The van der Waals surface area contributed by atoms with Gasteiger partial charge in [-0.15, -0.1) is 0 Å². The molecule has 0 aliphatic heterocycles. The quantitative estimate of drug-likeness (QED) is 0.879. The smallest absolute Gasteiger partial charge is 0.143 e. The van der Waals surface area contributed by atoms with E-state index in [2.05, 4.69) is 9.97 Å². The van der Waals surface area contributed by atoms with Gasteiger partial charge >= 0.3 is 0 Å². The average molecular weight is 243 g/mol. The Bertz CT molecular complexity index is 560. The molecule has 0 unspecified atom stereocenters. The summed E-state index contributed by atoms with van der Waals surface area (Å²) in [5.74, 6) is 0.808. The van der Waals surface area contributed by atoms with Crippen LogP contribution >= 0.6 is 0 Å². The van der Waals surface area contributed by atoms with E-state index in [9.17, 15) is 5.11 Å². The van der Waals surface area contributed by atoms with Crippen molar-refractivity contribution in [3.05, 3.63) is 41.6 Å². The minimum atomic E-state index is -0.518. The zero-order valence-corrected chi connectivity index (χ0v) is 10.5. The Hall–Kier alpha value is -1.68. The van der Waals surface area contributed by atoms with E-state index in [1.807, 2.05) is 23.0 Å². The van der Waals surface area contributed by atoms with Gasteiger partial charge < -0.3 is 5.11 Å². The van der Waals surface area contributed by atoms with Crippen molar-refractivity contribution in [3.8, 4) is 5.82 Å². The zero-order chi connectivity index (χ0) is 12.5. The molecule has 18 heavy (non-hydrogen) atoms. The van der Waals surface area contributed by atoms with Crippen LogP contribution in [0.15, 0.2) is 24.7 Å². The lowest BCUT2D eigenvalue weighted by Gasteiger charge is -2.16. The molecule has 4 nitrogen and oxygen atoms in total. The summed E-state index contributed by atoms with van der Waals surface area (Å²) in [7, 11) is 0. The van der Waals surface area contributed by atoms with Crippen LogP contribution in [0.5, 0.6) is 0 Å². The largest absolute Gasteiger partial charge is 0.389 e. The number of aliphatic hydroxyl groups excluding tert-OH is 1. The van der Waals surface area contributed by atoms with Crippen molar-refractivity contribution in [3.63, 3.8) is 0 Å². The molecule has 1 aliphatic carbocycles. The number of fused-ring (bicyclic) bond motifs is 1. The number of imidazole rings is 1. The van der Waals surface area contributed by atoms with E-state index < -0.39 is 6.10 Å². The molecule has 94 valence electrons. The Labute approximate surface area is 106 Å². The lowest BCUT2D eigenvalue weighted by atomic mass is 10.0. The molecular formula is C14H17N3O. The van der Waals surface area contributed by atoms with Crippen LogP contribution in [0.3, 0.4) is 0 Å². The molecule has 0 radical (unpaired) electrons. The first-order chi connectivity index (χ1) is 8.77. The third kappa shape index (κ3) is 1.82. The number of aromatic nitrogens is 3. The van der Waals surface area contributed by atoms with Gasteiger partial charge in [-0.25, -0.2) is 9.97 Å². The Morgan fingerprint density at radius 1 is 1.28 bits per heavy atom. The summed E-state index contributed by atoms with van der Waals surface area (Å²) in [5.41, 5.74) is 3.29. The van der Waals surface area contributed by atoms with Crippen LogP contribution in [0.25, 0.3) is 5.82 Å².